The maximum atomic E-state index is 11.6. The molecule has 1 aromatic rings. The Hall–Kier alpha value is -1.39. The standard InChI is InChI=1S/C18H27NO3/c1-3-13-9-7-8-12-18(13,15(20)16(21)22)17(2,19)14-10-5-4-6-11-14/h4-6,10-11,13,15,20H,3,7-9,12,19H2,1-2H3,(H,21,22). The maximum absolute atomic E-state index is 11.6. The van der Waals surface area contributed by atoms with Crippen molar-refractivity contribution in [2.24, 2.45) is 17.1 Å². The molecule has 0 aliphatic heterocycles. The molecule has 0 amide bonds. The quantitative estimate of drug-likeness (QED) is 0.781. The zero-order chi connectivity index (χ0) is 16.4. The number of aliphatic carboxylic acids is 1. The minimum absolute atomic E-state index is 0.0996. The Morgan fingerprint density at radius 3 is 2.59 bits per heavy atom. The molecule has 1 aliphatic carbocycles. The Balaban J connectivity index is 2.59. The number of nitrogens with two attached hydrogens (primary N) is 1. The molecule has 4 N–H and O–H groups in total. The lowest BCUT2D eigenvalue weighted by atomic mass is 9.52. The van der Waals surface area contributed by atoms with Crippen LogP contribution in [0.2, 0.25) is 0 Å². The highest BCUT2D eigenvalue weighted by molar-refractivity contribution is 5.73. The van der Waals surface area contributed by atoms with Crippen LogP contribution in [0.15, 0.2) is 30.3 Å². The van der Waals surface area contributed by atoms with Crippen molar-refractivity contribution in [3.05, 3.63) is 35.9 Å². The molecular weight excluding hydrogens is 278 g/mol. The number of aliphatic hydroxyl groups excluding tert-OH is 1. The van der Waals surface area contributed by atoms with Crippen LogP contribution < -0.4 is 5.73 Å². The van der Waals surface area contributed by atoms with Crippen LogP contribution in [0.3, 0.4) is 0 Å². The van der Waals surface area contributed by atoms with Crippen molar-refractivity contribution in [2.75, 3.05) is 0 Å². The normalized spacial score (nSPS) is 29.5. The molecule has 22 heavy (non-hydrogen) atoms. The van der Waals surface area contributed by atoms with Crippen LogP contribution >= 0.6 is 0 Å². The number of hydrogen-bond donors (Lipinski definition) is 3. The zero-order valence-corrected chi connectivity index (χ0v) is 13.5. The van der Waals surface area contributed by atoms with Crippen molar-refractivity contribution < 1.29 is 15.0 Å². The first kappa shape index (κ1) is 17.0. The van der Waals surface area contributed by atoms with E-state index >= 15 is 0 Å². The van der Waals surface area contributed by atoms with Gasteiger partial charge in [0.25, 0.3) is 0 Å². The van der Waals surface area contributed by atoms with E-state index in [0.717, 1.165) is 31.2 Å². The Morgan fingerprint density at radius 2 is 2.05 bits per heavy atom. The van der Waals surface area contributed by atoms with E-state index in [-0.39, 0.29) is 5.92 Å². The summed E-state index contributed by atoms with van der Waals surface area (Å²) >= 11 is 0. The molecular formula is C18H27NO3. The molecule has 1 aliphatic rings. The summed E-state index contributed by atoms with van der Waals surface area (Å²) in [6, 6.07) is 9.59. The number of rotatable bonds is 5. The molecule has 0 spiro atoms. The van der Waals surface area contributed by atoms with E-state index in [1.54, 1.807) is 0 Å². The predicted octanol–water partition coefficient (Wildman–Crippen LogP) is 2.89. The van der Waals surface area contributed by atoms with Crippen molar-refractivity contribution in [1.82, 2.24) is 0 Å². The van der Waals surface area contributed by atoms with Gasteiger partial charge in [0.15, 0.2) is 6.10 Å². The zero-order valence-electron chi connectivity index (χ0n) is 13.5. The Kier molecular flexibility index (Phi) is 4.93. The van der Waals surface area contributed by atoms with Gasteiger partial charge in [-0.25, -0.2) is 4.79 Å². The second kappa shape index (κ2) is 6.39. The number of carboxylic acid groups (broad SMARTS) is 1. The van der Waals surface area contributed by atoms with Crippen molar-refractivity contribution in [1.29, 1.82) is 0 Å². The van der Waals surface area contributed by atoms with E-state index in [4.69, 9.17) is 5.73 Å². The van der Waals surface area contributed by atoms with Crippen LogP contribution in [0.5, 0.6) is 0 Å². The van der Waals surface area contributed by atoms with E-state index in [1.807, 2.05) is 37.3 Å². The van der Waals surface area contributed by atoms with E-state index < -0.39 is 23.0 Å². The maximum Gasteiger partial charge on any atom is 0.333 e. The minimum atomic E-state index is -1.45. The summed E-state index contributed by atoms with van der Waals surface area (Å²) < 4.78 is 0. The topological polar surface area (TPSA) is 83.5 Å². The second-order valence-corrected chi connectivity index (χ2v) is 6.70. The fourth-order valence-electron chi connectivity index (χ4n) is 4.44. The Bertz CT molecular complexity index is 514. The number of carbonyl (C=O) groups is 1. The summed E-state index contributed by atoms with van der Waals surface area (Å²) in [5, 5.41) is 20.1. The molecule has 4 unspecified atom stereocenters. The average molecular weight is 305 g/mol. The third-order valence-corrected chi connectivity index (χ3v) is 5.68. The first-order chi connectivity index (χ1) is 10.4. The van der Waals surface area contributed by atoms with Crippen molar-refractivity contribution in [3.63, 3.8) is 0 Å². The number of carboxylic acids is 1. The minimum Gasteiger partial charge on any atom is -0.479 e. The van der Waals surface area contributed by atoms with Gasteiger partial charge in [-0.2, -0.15) is 0 Å². The van der Waals surface area contributed by atoms with E-state index in [9.17, 15) is 15.0 Å². The van der Waals surface area contributed by atoms with Crippen LogP contribution in [-0.2, 0) is 10.3 Å². The summed E-state index contributed by atoms with van der Waals surface area (Å²) in [5.74, 6) is -1.07. The average Bonchev–Trinajstić information content (AvgIpc) is 2.54. The van der Waals surface area contributed by atoms with Crippen LogP contribution in [-0.4, -0.2) is 22.3 Å². The molecule has 4 atom stereocenters. The van der Waals surface area contributed by atoms with Gasteiger partial charge in [0, 0.05) is 11.0 Å². The van der Waals surface area contributed by atoms with Crippen LogP contribution in [0.4, 0.5) is 0 Å². The predicted molar refractivity (Wildman–Crippen MR) is 86.3 cm³/mol. The second-order valence-electron chi connectivity index (χ2n) is 6.70. The van der Waals surface area contributed by atoms with Gasteiger partial charge < -0.3 is 15.9 Å². The van der Waals surface area contributed by atoms with Gasteiger partial charge >= 0.3 is 5.97 Å². The first-order valence-electron chi connectivity index (χ1n) is 8.13. The van der Waals surface area contributed by atoms with Gasteiger partial charge in [-0.1, -0.05) is 56.5 Å². The Labute approximate surface area is 132 Å². The highest BCUT2D eigenvalue weighted by Crippen LogP contribution is 2.55. The third kappa shape index (κ3) is 2.55. The molecule has 0 bridgehead atoms. The highest BCUT2D eigenvalue weighted by atomic mass is 16.4. The molecule has 4 nitrogen and oxygen atoms in total. The van der Waals surface area contributed by atoms with Gasteiger partial charge in [0.2, 0.25) is 0 Å². The van der Waals surface area contributed by atoms with E-state index in [0.29, 0.717) is 6.42 Å². The molecule has 1 saturated carbocycles. The van der Waals surface area contributed by atoms with Gasteiger partial charge in [0.05, 0.1) is 0 Å². The summed E-state index contributed by atoms with van der Waals surface area (Å²) in [6.07, 6.45) is 2.90. The molecule has 2 rings (SSSR count). The van der Waals surface area contributed by atoms with Gasteiger partial charge in [-0.15, -0.1) is 0 Å². The van der Waals surface area contributed by atoms with Gasteiger partial charge in [-0.3, -0.25) is 0 Å². The van der Waals surface area contributed by atoms with Crippen LogP contribution in [0.25, 0.3) is 0 Å². The lowest BCUT2D eigenvalue weighted by molar-refractivity contribution is -0.169. The number of benzene rings is 1. The van der Waals surface area contributed by atoms with Crippen molar-refractivity contribution in [3.8, 4) is 0 Å². The smallest absolute Gasteiger partial charge is 0.333 e. The van der Waals surface area contributed by atoms with Gasteiger partial charge in [-0.05, 0) is 31.2 Å². The molecule has 0 saturated heterocycles. The molecule has 0 aromatic heterocycles. The van der Waals surface area contributed by atoms with Crippen molar-refractivity contribution >= 4 is 5.97 Å². The fourth-order valence-corrected chi connectivity index (χ4v) is 4.44. The van der Waals surface area contributed by atoms with Crippen LogP contribution in [0.1, 0.15) is 51.5 Å². The molecule has 122 valence electrons. The lowest BCUT2D eigenvalue weighted by Crippen LogP contribution is -2.63. The highest BCUT2D eigenvalue weighted by Gasteiger charge is 2.58. The monoisotopic (exact) mass is 305 g/mol. The van der Waals surface area contributed by atoms with Crippen molar-refractivity contribution in [2.45, 2.75) is 57.6 Å². The lowest BCUT2D eigenvalue weighted by Gasteiger charge is -2.55. The largest absolute Gasteiger partial charge is 0.479 e. The van der Waals surface area contributed by atoms with E-state index in [1.165, 1.54) is 0 Å². The summed E-state index contributed by atoms with van der Waals surface area (Å²) in [5.41, 5.74) is 5.88. The summed E-state index contributed by atoms with van der Waals surface area (Å²) in [7, 11) is 0. The number of aliphatic hydroxyl groups is 1. The number of hydrogen-bond acceptors (Lipinski definition) is 3. The first-order valence-corrected chi connectivity index (χ1v) is 8.13. The molecule has 1 aromatic carbocycles. The van der Waals surface area contributed by atoms with E-state index in [2.05, 4.69) is 6.92 Å². The van der Waals surface area contributed by atoms with Gasteiger partial charge in [0.1, 0.15) is 0 Å². The molecule has 4 heteroatoms. The summed E-state index contributed by atoms with van der Waals surface area (Å²) in [4.78, 5) is 11.6. The Morgan fingerprint density at radius 1 is 1.41 bits per heavy atom. The molecule has 0 heterocycles. The fraction of sp³-hybridized carbons (Fsp3) is 0.611. The SMILES string of the molecule is CCC1CCCCC1(C(O)C(=O)O)C(C)(N)c1ccccc1. The molecule has 0 radical (unpaired) electrons. The third-order valence-electron chi connectivity index (χ3n) is 5.68. The van der Waals surface area contributed by atoms with Crippen LogP contribution in [0, 0.1) is 11.3 Å². The summed E-state index contributed by atoms with van der Waals surface area (Å²) in [6.45, 7) is 3.93. The molecule has 1 fully saturated rings.